The summed E-state index contributed by atoms with van der Waals surface area (Å²) in [5.74, 6) is -1.19. The summed E-state index contributed by atoms with van der Waals surface area (Å²) in [6.07, 6.45) is 0.472. The Morgan fingerprint density at radius 2 is 2.19 bits per heavy atom. The third kappa shape index (κ3) is 3.55. The lowest BCUT2D eigenvalue weighted by Crippen LogP contribution is -2.44. The van der Waals surface area contributed by atoms with Crippen LogP contribution >= 0.6 is 0 Å². The molecule has 2 aromatic rings. The molecule has 1 saturated heterocycles. The number of carbonyl (C=O) groups is 2. The summed E-state index contributed by atoms with van der Waals surface area (Å²) in [6, 6.07) is 4.96. The zero-order valence-electron chi connectivity index (χ0n) is 14.4. The molecule has 11 heteroatoms. The van der Waals surface area contributed by atoms with Gasteiger partial charge in [0.05, 0.1) is 18.0 Å². The lowest BCUT2D eigenvalue weighted by Gasteiger charge is -2.27. The number of nitrogens with zero attached hydrogens (tertiary/aromatic N) is 4. The van der Waals surface area contributed by atoms with Gasteiger partial charge in [-0.2, -0.15) is 4.80 Å². The highest BCUT2D eigenvalue weighted by Gasteiger charge is 2.37. The average Bonchev–Trinajstić information content (AvgIpc) is 3.00. The van der Waals surface area contributed by atoms with Crippen molar-refractivity contribution in [3.05, 3.63) is 35.2 Å². The number of aromatic nitrogens is 4. The Bertz CT molecular complexity index is 884. The summed E-state index contributed by atoms with van der Waals surface area (Å²) in [7, 11) is -1.24. The van der Waals surface area contributed by atoms with Crippen LogP contribution < -0.4 is 9.97 Å². The Morgan fingerprint density at radius 1 is 1.37 bits per heavy atom. The van der Waals surface area contributed by atoms with Crippen LogP contribution in [0, 0.1) is 0 Å². The van der Waals surface area contributed by atoms with E-state index in [0.717, 1.165) is 13.1 Å². The van der Waals surface area contributed by atoms with Crippen LogP contribution in [0.2, 0.25) is 5.82 Å². The number of Topliss-reactive ketones (excluding diaryl/α,β-unsaturated/α-hetero) is 1. The number of benzene rings is 1. The van der Waals surface area contributed by atoms with Crippen LogP contribution in [0.5, 0.6) is 5.75 Å². The van der Waals surface area contributed by atoms with Gasteiger partial charge in [0, 0.05) is 25.3 Å². The summed E-state index contributed by atoms with van der Waals surface area (Å²) in [5, 5.41) is 34.7. The van der Waals surface area contributed by atoms with Crippen LogP contribution in [-0.2, 0) is 17.6 Å². The number of carbonyl (C=O) groups excluding carboxylic acids is 1. The maximum Gasteiger partial charge on any atom is 0.526 e. The molecule has 0 aliphatic carbocycles. The van der Waals surface area contributed by atoms with E-state index in [1.54, 1.807) is 12.1 Å². The van der Waals surface area contributed by atoms with Gasteiger partial charge in [0.25, 0.3) is 0 Å². The minimum absolute atomic E-state index is 0.00243. The number of para-hydroxylation sites is 1. The molecule has 10 nitrogen and oxygen atoms in total. The molecule has 1 fully saturated rings. The number of ketones is 1. The second-order valence-electron chi connectivity index (χ2n) is 6.83. The summed E-state index contributed by atoms with van der Waals surface area (Å²) in [5.41, 5.74) is 0.669. The minimum Gasteiger partial charge on any atom is -0.535 e. The summed E-state index contributed by atoms with van der Waals surface area (Å²) in [4.78, 5) is 25.2. The quantitative estimate of drug-likeness (QED) is 0.574. The third-order valence-electron chi connectivity index (χ3n) is 4.85. The Kier molecular flexibility index (Phi) is 4.62. The van der Waals surface area contributed by atoms with Crippen molar-refractivity contribution in [3.8, 4) is 5.75 Å². The van der Waals surface area contributed by atoms with E-state index in [1.165, 1.54) is 10.9 Å². The van der Waals surface area contributed by atoms with E-state index >= 15 is 0 Å². The molecule has 0 saturated carbocycles. The van der Waals surface area contributed by atoms with E-state index in [0.29, 0.717) is 17.8 Å². The summed E-state index contributed by atoms with van der Waals surface area (Å²) < 4.78 is 5.41. The fourth-order valence-corrected chi connectivity index (χ4v) is 3.29. The molecule has 1 atom stereocenters. The first kappa shape index (κ1) is 17.6. The maximum absolute atomic E-state index is 12.4. The molecule has 0 spiro atoms. The van der Waals surface area contributed by atoms with Crippen LogP contribution in [0.3, 0.4) is 0 Å². The number of fused-ring (bicyclic) bond motifs is 1. The minimum atomic E-state index is -1.24. The van der Waals surface area contributed by atoms with Gasteiger partial charge >= 0.3 is 13.1 Å². The van der Waals surface area contributed by atoms with Crippen molar-refractivity contribution in [3.63, 3.8) is 0 Å². The number of hydrogen-bond donors (Lipinski definition) is 3. The van der Waals surface area contributed by atoms with Crippen LogP contribution in [-0.4, -0.2) is 62.3 Å². The van der Waals surface area contributed by atoms with Gasteiger partial charge in [-0.15, -0.1) is 10.2 Å². The molecule has 1 aromatic heterocycles. The van der Waals surface area contributed by atoms with Gasteiger partial charge < -0.3 is 20.1 Å². The van der Waals surface area contributed by atoms with Crippen LogP contribution in [0.15, 0.2) is 18.2 Å². The molecule has 4 rings (SSSR count). The fraction of sp³-hybridized carbons (Fsp3) is 0.438. The van der Waals surface area contributed by atoms with E-state index in [-0.39, 0.29) is 36.0 Å². The van der Waals surface area contributed by atoms with E-state index in [4.69, 9.17) is 4.65 Å². The van der Waals surface area contributed by atoms with Crippen molar-refractivity contribution in [1.82, 2.24) is 25.5 Å². The highest BCUT2D eigenvalue weighted by molar-refractivity contribution is 6.47. The van der Waals surface area contributed by atoms with Crippen molar-refractivity contribution >= 4 is 18.9 Å². The first-order valence-electron chi connectivity index (χ1n) is 8.72. The summed E-state index contributed by atoms with van der Waals surface area (Å²) in [6.45, 7) is 1.57. The normalized spacial score (nSPS) is 19.1. The first-order chi connectivity index (χ1) is 13.0. The van der Waals surface area contributed by atoms with Gasteiger partial charge in [-0.1, -0.05) is 12.1 Å². The molecule has 140 valence electrons. The molecule has 0 bridgehead atoms. The molecule has 0 amide bonds. The number of nitrogens with one attached hydrogen (secondary N) is 1. The van der Waals surface area contributed by atoms with Gasteiger partial charge in [0.1, 0.15) is 11.5 Å². The number of aromatic carboxylic acids is 1. The summed E-state index contributed by atoms with van der Waals surface area (Å²) >= 11 is 0. The molecule has 3 N–H and O–H groups in total. The van der Waals surface area contributed by atoms with Gasteiger partial charge in [0.15, 0.2) is 5.82 Å². The molecule has 2 aliphatic heterocycles. The highest BCUT2D eigenvalue weighted by Crippen LogP contribution is 2.36. The predicted octanol–water partition coefficient (Wildman–Crippen LogP) is -0.497. The van der Waals surface area contributed by atoms with Crippen molar-refractivity contribution in [2.24, 2.45) is 0 Å². The zero-order chi connectivity index (χ0) is 19.0. The molecule has 1 aromatic carbocycles. The van der Waals surface area contributed by atoms with E-state index < -0.39 is 18.9 Å². The van der Waals surface area contributed by atoms with E-state index in [9.17, 15) is 19.7 Å². The third-order valence-corrected chi connectivity index (χ3v) is 4.85. The number of carboxylic acid groups (broad SMARTS) is 1. The lowest BCUT2D eigenvalue weighted by atomic mass is 9.64. The van der Waals surface area contributed by atoms with Crippen molar-refractivity contribution < 1.29 is 24.4 Å². The fourth-order valence-electron chi connectivity index (χ4n) is 3.29. The lowest BCUT2D eigenvalue weighted by molar-refractivity contribution is -0.118. The van der Waals surface area contributed by atoms with Gasteiger partial charge in [0.2, 0.25) is 0 Å². The SMILES string of the molecule is O=C(Cc1nnn(C2CNC2)n1)C[C@H]1Cc2cccc(C(=O)O)c2OB1O. The molecular weight excluding hydrogens is 353 g/mol. The van der Waals surface area contributed by atoms with Gasteiger partial charge in [-0.3, -0.25) is 4.79 Å². The zero-order valence-corrected chi connectivity index (χ0v) is 14.4. The smallest absolute Gasteiger partial charge is 0.526 e. The monoisotopic (exact) mass is 371 g/mol. The van der Waals surface area contributed by atoms with Gasteiger partial charge in [-0.05, 0) is 23.3 Å². The molecule has 3 heterocycles. The second kappa shape index (κ2) is 7.08. The number of rotatable bonds is 6. The van der Waals surface area contributed by atoms with Crippen molar-refractivity contribution in [2.75, 3.05) is 13.1 Å². The number of hydrogen-bond acceptors (Lipinski definition) is 8. The average molecular weight is 371 g/mol. The Balaban J connectivity index is 1.40. The molecule has 27 heavy (non-hydrogen) atoms. The van der Waals surface area contributed by atoms with E-state index in [1.807, 2.05) is 0 Å². The molecule has 0 unspecified atom stereocenters. The van der Waals surface area contributed by atoms with Gasteiger partial charge in [-0.25, -0.2) is 4.79 Å². The van der Waals surface area contributed by atoms with Crippen LogP contribution in [0.25, 0.3) is 0 Å². The molecular formula is C16H18BN5O5. The van der Waals surface area contributed by atoms with Crippen molar-refractivity contribution in [2.45, 2.75) is 31.1 Å². The van der Waals surface area contributed by atoms with Crippen LogP contribution in [0.1, 0.15) is 34.2 Å². The molecule has 2 aliphatic rings. The largest absolute Gasteiger partial charge is 0.535 e. The van der Waals surface area contributed by atoms with Crippen LogP contribution in [0.4, 0.5) is 0 Å². The Hall–Kier alpha value is -2.79. The first-order valence-corrected chi connectivity index (χ1v) is 8.72. The second-order valence-corrected chi connectivity index (χ2v) is 6.83. The number of carboxylic acids is 1. The topological polar surface area (TPSA) is 139 Å². The Morgan fingerprint density at radius 3 is 2.89 bits per heavy atom. The maximum atomic E-state index is 12.4. The number of tetrazole rings is 1. The van der Waals surface area contributed by atoms with Crippen molar-refractivity contribution in [1.29, 1.82) is 0 Å². The highest BCUT2D eigenvalue weighted by atomic mass is 16.5. The standard InChI is InChI=1S/C16H18BN5O5/c23-12(6-14-19-21-22(20-14)11-7-18-8-11)5-10-4-9-2-1-3-13(16(24)25)15(9)27-17(10)26/h1-3,10-11,18,26H,4-8H2,(H,24,25)/t10-/m1/s1. The van der Waals surface area contributed by atoms with E-state index in [2.05, 4.69) is 20.7 Å². The predicted molar refractivity (Wildman–Crippen MR) is 92.5 cm³/mol. The molecule has 0 radical (unpaired) electrons. The Labute approximate surface area is 154 Å².